The number of anilines is 1. The average molecular weight is 306 g/mol. The third kappa shape index (κ3) is 3.67. The van der Waals surface area contributed by atoms with E-state index in [1.54, 1.807) is 4.90 Å². The molecule has 1 aromatic rings. The molecule has 2 rings (SSSR count). The van der Waals surface area contributed by atoms with Crippen molar-refractivity contribution in [3.05, 3.63) is 29.6 Å². The van der Waals surface area contributed by atoms with Crippen LogP contribution in [0.4, 0.5) is 10.1 Å². The van der Waals surface area contributed by atoms with Crippen molar-refractivity contribution in [2.24, 2.45) is 5.10 Å². The minimum Gasteiger partial charge on any atom is -0.394 e. The zero-order chi connectivity index (χ0) is 15.9. The van der Waals surface area contributed by atoms with Crippen LogP contribution in [0.2, 0.25) is 0 Å². The van der Waals surface area contributed by atoms with Crippen molar-refractivity contribution in [2.45, 2.75) is 25.3 Å². The molecule has 3 N–H and O–H groups in total. The fraction of sp³-hybridized carbons (Fsp3) is 0.400. The minimum absolute atomic E-state index is 0.101. The molecule has 7 heteroatoms. The minimum atomic E-state index is -0.512. The molecule has 0 bridgehead atoms. The summed E-state index contributed by atoms with van der Waals surface area (Å²) in [4.78, 5) is 14.3. The second-order valence-corrected chi connectivity index (χ2v) is 5.08. The summed E-state index contributed by atoms with van der Waals surface area (Å²) < 4.78 is 13.5. The Morgan fingerprint density at radius 3 is 3.09 bits per heavy atom. The molecule has 1 aliphatic rings. The van der Waals surface area contributed by atoms with Crippen LogP contribution < -0.4 is 5.43 Å². The van der Waals surface area contributed by atoms with Crippen LogP contribution in [0.25, 0.3) is 0 Å². The predicted octanol–water partition coefficient (Wildman–Crippen LogP) is 1.86. The lowest BCUT2D eigenvalue weighted by Crippen LogP contribution is -2.45. The lowest BCUT2D eigenvalue weighted by atomic mass is 10.0. The van der Waals surface area contributed by atoms with Crippen LogP contribution in [0.5, 0.6) is 0 Å². The normalized spacial score (nSPS) is 18.5. The number of hydrazone groups is 1. The number of amides is 1. The number of halogens is 1. The number of aliphatic hydroxyl groups is 1. The maximum absolute atomic E-state index is 13.5. The van der Waals surface area contributed by atoms with Gasteiger partial charge < -0.3 is 15.4 Å². The molecule has 118 valence electrons. The van der Waals surface area contributed by atoms with Gasteiger partial charge in [-0.1, -0.05) is 0 Å². The molecular formula is C15H19FN4O2. The summed E-state index contributed by atoms with van der Waals surface area (Å²) >= 11 is 0. The van der Waals surface area contributed by atoms with Gasteiger partial charge in [-0.25, -0.2) is 4.39 Å². The van der Waals surface area contributed by atoms with Gasteiger partial charge in [-0.05, 0) is 37.5 Å². The summed E-state index contributed by atoms with van der Waals surface area (Å²) in [5.41, 5.74) is 3.17. The fourth-order valence-corrected chi connectivity index (χ4v) is 2.55. The number of nitrogens with one attached hydrogen (secondary N) is 2. The highest BCUT2D eigenvalue weighted by atomic mass is 19.1. The Morgan fingerprint density at radius 2 is 2.36 bits per heavy atom. The molecule has 0 aromatic heterocycles. The van der Waals surface area contributed by atoms with Crippen molar-refractivity contribution in [1.29, 1.82) is 5.41 Å². The summed E-state index contributed by atoms with van der Waals surface area (Å²) in [5, 5.41) is 20.1. The van der Waals surface area contributed by atoms with Gasteiger partial charge in [0.1, 0.15) is 5.82 Å². The molecule has 1 saturated heterocycles. The van der Waals surface area contributed by atoms with Gasteiger partial charge in [0.2, 0.25) is 0 Å². The van der Waals surface area contributed by atoms with E-state index in [-0.39, 0.29) is 24.1 Å². The fourth-order valence-electron chi connectivity index (χ4n) is 2.55. The molecule has 6 nitrogen and oxygen atoms in total. The SMILES string of the molecule is N=C/C=N\Nc1ccc(F)cc1C(=O)N1CCCC[C@H]1CO. The Hall–Kier alpha value is -2.28. The van der Waals surface area contributed by atoms with Crippen molar-refractivity contribution in [2.75, 3.05) is 18.6 Å². The highest BCUT2D eigenvalue weighted by Gasteiger charge is 2.28. The number of nitrogens with zero attached hydrogens (tertiary/aromatic N) is 2. The van der Waals surface area contributed by atoms with Gasteiger partial charge in [0, 0.05) is 12.8 Å². The summed E-state index contributed by atoms with van der Waals surface area (Å²) in [7, 11) is 0. The Labute approximate surface area is 128 Å². The lowest BCUT2D eigenvalue weighted by molar-refractivity contribution is 0.0503. The van der Waals surface area contributed by atoms with E-state index in [1.165, 1.54) is 18.3 Å². The van der Waals surface area contributed by atoms with Gasteiger partial charge in [-0.3, -0.25) is 10.2 Å². The molecule has 0 spiro atoms. The van der Waals surface area contributed by atoms with Crippen LogP contribution in [-0.4, -0.2) is 47.5 Å². The smallest absolute Gasteiger partial charge is 0.256 e. The number of carbonyl (C=O) groups is 1. The molecular weight excluding hydrogens is 287 g/mol. The molecule has 0 radical (unpaired) electrons. The second kappa shape index (κ2) is 7.65. The molecule has 1 atom stereocenters. The number of piperidine rings is 1. The van der Waals surface area contributed by atoms with E-state index in [0.717, 1.165) is 31.5 Å². The summed E-state index contributed by atoms with van der Waals surface area (Å²) in [6.45, 7) is 0.444. The first-order valence-electron chi connectivity index (χ1n) is 7.17. The van der Waals surface area contributed by atoms with Crippen LogP contribution in [-0.2, 0) is 0 Å². The molecule has 1 heterocycles. The van der Waals surface area contributed by atoms with Crippen molar-refractivity contribution in [1.82, 2.24) is 4.90 Å². The Morgan fingerprint density at radius 1 is 1.55 bits per heavy atom. The molecule has 1 aromatic carbocycles. The number of hydrogen-bond acceptors (Lipinski definition) is 5. The standard InChI is InChI=1S/C15H19FN4O2/c16-11-4-5-14(19-18-7-6-17)13(9-11)15(22)20-8-2-1-3-12(20)10-21/h4-7,9,12,17,19,21H,1-3,8,10H2/b17-6?,18-7-/t12-/m0/s1. The molecule has 22 heavy (non-hydrogen) atoms. The number of aliphatic hydroxyl groups excluding tert-OH is 1. The van der Waals surface area contributed by atoms with E-state index >= 15 is 0 Å². The van der Waals surface area contributed by atoms with Gasteiger partial charge >= 0.3 is 0 Å². The molecule has 1 aliphatic heterocycles. The Bertz CT molecular complexity index is 577. The van der Waals surface area contributed by atoms with Gasteiger partial charge in [-0.2, -0.15) is 5.10 Å². The maximum Gasteiger partial charge on any atom is 0.256 e. The lowest BCUT2D eigenvalue weighted by Gasteiger charge is -2.35. The molecule has 1 fully saturated rings. The van der Waals surface area contributed by atoms with Gasteiger partial charge in [0.25, 0.3) is 5.91 Å². The number of benzene rings is 1. The Balaban J connectivity index is 2.28. The van der Waals surface area contributed by atoms with E-state index in [9.17, 15) is 14.3 Å². The molecule has 0 saturated carbocycles. The third-order valence-electron chi connectivity index (χ3n) is 3.64. The molecule has 1 amide bonds. The zero-order valence-electron chi connectivity index (χ0n) is 12.1. The molecule has 0 unspecified atom stereocenters. The zero-order valence-corrected chi connectivity index (χ0v) is 12.1. The van der Waals surface area contributed by atoms with E-state index in [0.29, 0.717) is 12.2 Å². The van der Waals surface area contributed by atoms with Gasteiger partial charge in [0.15, 0.2) is 0 Å². The average Bonchev–Trinajstić information content (AvgIpc) is 2.55. The number of rotatable bonds is 5. The quantitative estimate of drug-likeness (QED) is 0.573. The van der Waals surface area contributed by atoms with Gasteiger partial charge in [-0.15, -0.1) is 0 Å². The van der Waals surface area contributed by atoms with Crippen LogP contribution in [0, 0.1) is 11.2 Å². The monoisotopic (exact) mass is 306 g/mol. The molecule has 0 aliphatic carbocycles. The van der Waals surface area contributed by atoms with E-state index in [1.807, 2.05) is 0 Å². The third-order valence-corrected chi connectivity index (χ3v) is 3.64. The largest absolute Gasteiger partial charge is 0.394 e. The maximum atomic E-state index is 13.5. The van der Waals surface area contributed by atoms with Crippen molar-refractivity contribution in [3.8, 4) is 0 Å². The number of likely N-dealkylation sites (tertiary alicyclic amines) is 1. The first kappa shape index (κ1) is 16.1. The second-order valence-electron chi connectivity index (χ2n) is 5.08. The van der Waals surface area contributed by atoms with E-state index < -0.39 is 5.82 Å². The van der Waals surface area contributed by atoms with E-state index in [4.69, 9.17) is 5.41 Å². The van der Waals surface area contributed by atoms with Crippen LogP contribution in [0.15, 0.2) is 23.3 Å². The van der Waals surface area contributed by atoms with E-state index in [2.05, 4.69) is 10.5 Å². The first-order valence-corrected chi connectivity index (χ1v) is 7.17. The number of carbonyl (C=O) groups excluding carboxylic acids is 1. The summed E-state index contributed by atoms with van der Waals surface area (Å²) in [6.07, 6.45) is 4.78. The van der Waals surface area contributed by atoms with Gasteiger partial charge in [0.05, 0.1) is 30.1 Å². The van der Waals surface area contributed by atoms with Crippen molar-refractivity contribution < 1.29 is 14.3 Å². The first-order chi connectivity index (χ1) is 10.7. The summed E-state index contributed by atoms with van der Waals surface area (Å²) in [6, 6.07) is 3.59. The highest BCUT2D eigenvalue weighted by molar-refractivity contribution is 6.14. The van der Waals surface area contributed by atoms with Crippen molar-refractivity contribution in [3.63, 3.8) is 0 Å². The highest BCUT2D eigenvalue weighted by Crippen LogP contribution is 2.24. The topological polar surface area (TPSA) is 88.8 Å². The Kier molecular flexibility index (Phi) is 5.60. The van der Waals surface area contributed by atoms with Crippen LogP contribution in [0.3, 0.4) is 0 Å². The van der Waals surface area contributed by atoms with Crippen LogP contribution >= 0.6 is 0 Å². The van der Waals surface area contributed by atoms with Crippen molar-refractivity contribution >= 4 is 24.0 Å². The number of hydrogen-bond donors (Lipinski definition) is 3. The summed E-state index contributed by atoms with van der Waals surface area (Å²) in [5.74, 6) is -0.840. The predicted molar refractivity (Wildman–Crippen MR) is 83.1 cm³/mol. The van der Waals surface area contributed by atoms with Crippen LogP contribution in [0.1, 0.15) is 29.6 Å².